The zero-order valence-corrected chi connectivity index (χ0v) is 14.6. The molecule has 1 fully saturated rings. The number of nitrogens with zero attached hydrogens (tertiary/aromatic N) is 4. The van der Waals surface area contributed by atoms with E-state index in [2.05, 4.69) is 51.3 Å². The molecule has 3 aromatic rings. The first-order valence-corrected chi connectivity index (χ1v) is 8.84. The van der Waals surface area contributed by atoms with Crippen LogP contribution in [0.2, 0.25) is 0 Å². The van der Waals surface area contributed by atoms with Crippen LogP contribution in [0, 0.1) is 6.92 Å². The number of piperidine rings is 1. The van der Waals surface area contributed by atoms with Gasteiger partial charge in [-0.2, -0.15) is 5.10 Å². The largest absolute Gasteiger partial charge is 0.419 e. The van der Waals surface area contributed by atoms with E-state index >= 15 is 0 Å². The van der Waals surface area contributed by atoms with E-state index in [4.69, 9.17) is 4.42 Å². The van der Waals surface area contributed by atoms with Gasteiger partial charge in [-0.1, -0.05) is 17.7 Å². The Kier molecular flexibility index (Phi) is 4.36. The van der Waals surface area contributed by atoms with Crippen LogP contribution in [0.3, 0.4) is 0 Å². The molecular weight excluding hydrogens is 314 g/mol. The van der Waals surface area contributed by atoms with Gasteiger partial charge in [0.25, 0.3) is 0 Å². The summed E-state index contributed by atoms with van der Waals surface area (Å²) in [4.78, 5) is 2.42. The highest BCUT2D eigenvalue weighted by Gasteiger charge is 2.27. The fourth-order valence-corrected chi connectivity index (χ4v) is 3.56. The van der Waals surface area contributed by atoms with Crippen molar-refractivity contribution in [2.75, 3.05) is 13.1 Å². The fourth-order valence-electron chi connectivity index (χ4n) is 3.56. The average molecular weight is 337 g/mol. The summed E-state index contributed by atoms with van der Waals surface area (Å²) in [5.74, 6) is 1.88. The lowest BCUT2D eigenvalue weighted by atomic mass is 9.91. The van der Waals surface area contributed by atoms with Crippen LogP contribution in [0.25, 0.3) is 11.5 Å². The summed E-state index contributed by atoms with van der Waals surface area (Å²) >= 11 is 0. The third kappa shape index (κ3) is 3.35. The quantitative estimate of drug-likeness (QED) is 0.786. The first-order chi connectivity index (χ1) is 12.2. The second-order valence-electron chi connectivity index (χ2n) is 6.83. The van der Waals surface area contributed by atoms with Crippen molar-refractivity contribution in [2.24, 2.45) is 0 Å². The molecule has 0 aliphatic carbocycles. The summed E-state index contributed by atoms with van der Waals surface area (Å²) in [6.45, 7) is 6.26. The zero-order valence-electron chi connectivity index (χ0n) is 14.6. The van der Waals surface area contributed by atoms with E-state index in [1.54, 1.807) is 0 Å². The van der Waals surface area contributed by atoms with Crippen molar-refractivity contribution in [3.8, 4) is 11.5 Å². The van der Waals surface area contributed by atoms with Gasteiger partial charge in [0.15, 0.2) is 0 Å². The normalized spacial score (nSPS) is 17.7. The summed E-state index contributed by atoms with van der Waals surface area (Å²) < 4.78 is 5.96. The second kappa shape index (κ2) is 6.80. The van der Waals surface area contributed by atoms with Crippen molar-refractivity contribution in [3.63, 3.8) is 0 Å². The Morgan fingerprint density at radius 3 is 2.80 bits per heavy atom. The minimum Gasteiger partial charge on any atom is -0.419 e. The highest BCUT2D eigenvalue weighted by atomic mass is 16.4. The average Bonchev–Trinajstić information content (AvgIpc) is 3.33. The molecule has 1 aliphatic heterocycles. The standard InChI is InChI=1S/C19H23N5O/c1-13-4-3-5-16(10-13)19-23-22-18(25-19)14(2)24-8-6-15(7-9-24)17-11-20-21-12-17/h3-5,10-12,14-15H,6-9H2,1-2H3,(H,20,21)/t14-/m0/s1. The van der Waals surface area contributed by atoms with Crippen LogP contribution < -0.4 is 0 Å². The maximum atomic E-state index is 5.96. The number of H-pyrrole nitrogens is 1. The lowest BCUT2D eigenvalue weighted by Crippen LogP contribution is -2.35. The van der Waals surface area contributed by atoms with Crippen LogP contribution in [-0.4, -0.2) is 38.4 Å². The Bertz CT molecular complexity index is 818. The molecule has 0 amide bonds. The van der Waals surface area contributed by atoms with Crippen LogP contribution >= 0.6 is 0 Å². The predicted molar refractivity (Wildman–Crippen MR) is 95.0 cm³/mol. The van der Waals surface area contributed by atoms with Crippen LogP contribution in [0.1, 0.15) is 48.7 Å². The Morgan fingerprint density at radius 2 is 2.08 bits per heavy atom. The molecule has 0 saturated carbocycles. The van der Waals surface area contributed by atoms with Crippen molar-refractivity contribution in [1.29, 1.82) is 0 Å². The van der Waals surface area contributed by atoms with Gasteiger partial charge >= 0.3 is 0 Å². The van der Waals surface area contributed by atoms with E-state index in [-0.39, 0.29) is 6.04 Å². The third-order valence-corrected chi connectivity index (χ3v) is 5.13. The van der Waals surface area contributed by atoms with E-state index in [9.17, 15) is 0 Å². The Labute approximate surface area is 147 Å². The first kappa shape index (κ1) is 16.0. The van der Waals surface area contributed by atoms with Gasteiger partial charge in [0.1, 0.15) is 0 Å². The van der Waals surface area contributed by atoms with Gasteiger partial charge in [0, 0.05) is 11.8 Å². The molecule has 130 valence electrons. The smallest absolute Gasteiger partial charge is 0.247 e. The number of aryl methyl sites for hydroxylation is 1. The number of hydrogen-bond acceptors (Lipinski definition) is 5. The SMILES string of the molecule is Cc1cccc(-c2nnc([C@H](C)N3CCC(c4cn[nH]c4)CC3)o2)c1. The molecule has 1 saturated heterocycles. The summed E-state index contributed by atoms with van der Waals surface area (Å²) in [5, 5.41) is 15.5. The highest BCUT2D eigenvalue weighted by Crippen LogP contribution is 2.32. The molecule has 0 spiro atoms. The van der Waals surface area contributed by atoms with Gasteiger partial charge in [-0.05, 0) is 63.4 Å². The second-order valence-corrected chi connectivity index (χ2v) is 6.83. The molecular formula is C19H23N5O. The summed E-state index contributed by atoms with van der Waals surface area (Å²) in [7, 11) is 0. The molecule has 25 heavy (non-hydrogen) atoms. The molecule has 1 aliphatic rings. The van der Waals surface area contributed by atoms with Crippen LogP contribution in [-0.2, 0) is 0 Å². The van der Waals surface area contributed by atoms with Crippen molar-refractivity contribution in [1.82, 2.24) is 25.3 Å². The number of aromatic nitrogens is 4. The molecule has 0 unspecified atom stereocenters. The molecule has 0 bridgehead atoms. The Morgan fingerprint density at radius 1 is 1.24 bits per heavy atom. The van der Waals surface area contributed by atoms with Gasteiger partial charge in [0.2, 0.25) is 11.8 Å². The first-order valence-electron chi connectivity index (χ1n) is 8.84. The number of rotatable bonds is 4. The van der Waals surface area contributed by atoms with Crippen molar-refractivity contribution in [3.05, 3.63) is 53.7 Å². The van der Waals surface area contributed by atoms with E-state index in [1.165, 1.54) is 11.1 Å². The molecule has 1 atom stereocenters. The molecule has 1 aromatic carbocycles. The number of benzene rings is 1. The zero-order chi connectivity index (χ0) is 17.2. The highest BCUT2D eigenvalue weighted by molar-refractivity contribution is 5.53. The molecule has 6 heteroatoms. The minimum atomic E-state index is 0.136. The lowest BCUT2D eigenvalue weighted by molar-refractivity contribution is 0.143. The monoisotopic (exact) mass is 337 g/mol. The number of hydrogen-bond donors (Lipinski definition) is 1. The minimum absolute atomic E-state index is 0.136. The van der Waals surface area contributed by atoms with E-state index < -0.39 is 0 Å². The molecule has 4 rings (SSSR count). The Balaban J connectivity index is 1.43. The van der Waals surface area contributed by atoms with E-state index in [0.29, 0.717) is 17.7 Å². The number of nitrogens with one attached hydrogen (secondary N) is 1. The summed E-state index contributed by atoms with van der Waals surface area (Å²) in [6.07, 6.45) is 6.21. The third-order valence-electron chi connectivity index (χ3n) is 5.13. The number of aromatic amines is 1. The van der Waals surface area contributed by atoms with Gasteiger partial charge in [-0.25, -0.2) is 0 Å². The van der Waals surface area contributed by atoms with Crippen molar-refractivity contribution >= 4 is 0 Å². The van der Waals surface area contributed by atoms with Crippen molar-refractivity contribution < 1.29 is 4.42 Å². The van der Waals surface area contributed by atoms with E-state index in [1.807, 2.05) is 24.5 Å². The van der Waals surface area contributed by atoms with Crippen LogP contribution in [0.15, 0.2) is 41.1 Å². The van der Waals surface area contributed by atoms with E-state index in [0.717, 1.165) is 31.5 Å². The molecule has 1 N–H and O–H groups in total. The maximum absolute atomic E-state index is 5.96. The van der Waals surface area contributed by atoms with Gasteiger partial charge in [0.05, 0.1) is 12.2 Å². The molecule has 2 aromatic heterocycles. The summed E-state index contributed by atoms with van der Waals surface area (Å²) in [5.41, 5.74) is 3.48. The Hall–Kier alpha value is -2.47. The molecule has 3 heterocycles. The van der Waals surface area contributed by atoms with Crippen LogP contribution in [0.4, 0.5) is 0 Å². The fraction of sp³-hybridized carbons (Fsp3) is 0.421. The number of likely N-dealkylation sites (tertiary alicyclic amines) is 1. The predicted octanol–water partition coefficient (Wildman–Crippen LogP) is 3.71. The lowest BCUT2D eigenvalue weighted by Gasteiger charge is -2.34. The van der Waals surface area contributed by atoms with Crippen LogP contribution in [0.5, 0.6) is 0 Å². The van der Waals surface area contributed by atoms with Gasteiger partial charge < -0.3 is 4.42 Å². The topological polar surface area (TPSA) is 70.8 Å². The van der Waals surface area contributed by atoms with Crippen molar-refractivity contribution in [2.45, 2.75) is 38.6 Å². The molecule has 6 nitrogen and oxygen atoms in total. The maximum Gasteiger partial charge on any atom is 0.247 e. The van der Waals surface area contributed by atoms with Gasteiger partial charge in [-0.3, -0.25) is 10.00 Å². The molecule has 0 radical (unpaired) electrons. The summed E-state index contributed by atoms with van der Waals surface area (Å²) in [6, 6.07) is 8.28. The van der Waals surface area contributed by atoms with Gasteiger partial charge in [-0.15, -0.1) is 10.2 Å².